The molecule has 0 radical (unpaired) electrons. The molecule has 7 heteroatoms. The first-order valence-electron chi connectivity index (χ1n) is 13.5. The molecule has 0 aromatic carbocycles. The predicted molar refractivity (Wildman–Crippen MR) is 144 cm³/mol. The van der Waals surface area contributed by atoms with Gasteiger partial charge in [0.05, 0.1) is 11.4 Å². The van der Waals surface area contributed by atoms with Crippen LogP contribution in [0.2, 0.25) is 0 Å². The minimum absolute atomic E-state index is 0.232. The molecule has 0 spiro atoms. The third-order valence-corrected chi connectivity index (χ3v) is 7.30. The van der Waals surface area contributed by atoms with E-state index in [1.807, 2.05) is 6.92 Å². The molecule has 1 aliphatic heterocycles. The van der Waals surface area contributed by atoms with Gasteiger partial charge in [-0.15, -0.1) is 0 Å². The van der Waals surface area contributed by atoms with Crippen molar-refractivity contribution >= 4 is 17.1 Å². The van der Waals surface area contributed by atoms with Crippen molar-refractivity contribution in [1.82, 2.24) is 9.97 Å². The van der Waals surface area contributed by atoms with Crippen molar-refractivity contribution in [2.45, 2.75) is 79.1 Å². The smallest absolute Gasteiger partial charge is 0.125 e. The van der Waals surface area contributed by atoms with Crippen LogP contribution >= 0.6 is 0 Å². The van der Waals surface area contributed by atoms with Gasteiger partial charge in [-0.3, -0.25) is 9.97 Å². The van der Waals surface area contributed by atoms with Crippen molar-refractivity contribution in [2.75, 3.05) is 31.2 Å². The Morgan fingerprint density at radius 1 is 0.806 bits per heavy atom. The Bertz CT molecular complexity index is 1160. The van der Waals surface area contributed by atoms with Gasteiger partial charge in [0.2, 0.25) is 0 Å². The summed E-state index contributed by atoms with van der Waals surface area (Å²) in [5.41, 5.74) is 9.72. The van der Waals surface area contributed by atoms with Crippen molar-refractivity contribution in [3.8, 4) is 0 Å². The van der Waals surface area contributed by atoms with Gasteiger partial charge < -0.3 is 14.6 Å². The molecule has 5 rings (SSSR count). The van der Waals surface area contributed by atoms with Crippen LogP contribution < -0.4 is 4.90 Å². The van der Waals surface area contributed by atoms with Gasteiger partial charge in [0.1, 0.15) is 24.6 Å². The summed E-state index contributed by atoms with van der Waals surface area (Å²) in [5.74, 6) is 0. The highest BCUT2D eigenvalue weighted by molar-refractivity contribution is 6.02. The fraction of sp³-hybridized carbons (Fsp3) is 0.586. The lowest BCUT2D eigenvalue weighted by Gasteiger charge is -2.27. The fourth-order valence-corrected chi connectivity index (χ4v) is 5.35. The molecule has 1 saturated heterocycles. The summed E-state index contributed by atoms with van der Waals surface area (Å²) in [6.07, 6.45) is 8.62. The first kappa shape index (κ1) is 24.7. The third kappa shape index (κ3) is 5.55. The summed E-state index contributed by atoms with van der Waals surface area (Å²) in [5, 5.41) is 9.07. The fourth-order valence-electron chi connectivity index (χ4n) is 5.35. The molecule has 192 valence electrons. The molecule has 0 atom stereocenters. The van der Waals surface area contributed by atoms with Crippen molar-refractivity contribution in [3.05, 3.63) is 52.1 Å². The molecule has 0 saturated carbocycles. The lowest BCUT2D eigenvalue weighted by molar-refractivity contribution is -0.000311. The Labute approximate surface area is 215 Å². The van der Waals surface area contributed by atoms with Crippen molar-refractivity contribution < 1.29 is 9.68 Å². The van der Waals surface area contributed by atoms with Gasteiger partial charge in [0.25, 0.3) is 0 Å². The summed E-state index contributed by atoms with van der Waals surface area (Å²) in [7, 11) is 0. The van der Waals surface area contributed by atoms with Crippen LogP contribution in [0.25, 0.3) is 0 Å². The molecule has 0 unspecified atom stereocenters. The van der Waals surface area contributed by atoms with Crippen LogP contribution in [0.4, 0.5) is 5.69 Å². The lowest BCUT2D eigenvalue weighted by Crippen LogP contribution is -2.26. The van der Waals surface area contributed by atoms with Crippen LogP contribution in [0.15, 0.2) is 28.5 Å². The van der Waals surface area contributed by atoms with Crippen LogP contribution in [0, 0.1) is 19.3 Å². The minimum atomic E-state index is -0.232. The van der Waals surface area contributed by atoms with E-state index in [1.165, 1.54) is 29.7 Å². The molecule has 7 nitrogen and oxygen atoms in total. The van der Waals surface area contributed by atoms with E-state index in [0.717, 1.165) is 85.8 Å². The maximum atomic E-state index is 5.91. The maximum absolute atomic E-state index is 5.91. The van der Waals surface area contributed by atoms with E-state index >= 15 is 0 Å². The number of anilines is 1. The van der Waals surface area contributed by atoms with Crippen LogP contribution in [0.5, 0.6) is 0 Å². The Morgan fingerprint density at radius 2 is 1.44 bits per heavy atom. The average molecular weight is 490 g/mol. The molecule has 3 aliphatic rings. The van der Waals surface area contributed by atoms with Gasteiger partial charge in [-0.2, -0.15) is 0 Å². The number of aryl methyl sites for hydroxylation is 3. The molecule has 1 fully saturated rings. The Hall–Kier alpha value is -2.96. The molecular weight excluding hydrogens is 450 g/mol. The number of hydrogen-bond acceptors (Lipinski definition) is 7. The minimum Gasteiger partial charge on any atom is -0.395 e. The molecule has 2 aliphatic carbocycles. The summed E-state index contributed by atoms with van der Waals surface area (Å²) < 4.78 is 0. The van der Waals surface area contributed by atoms with E-state index < -0.39 is 0 Å². The van der Waals surface area contributed by atoms with Crippen molar-refractivity contribution in [3.63, 3.8) is 0 Å². The normalized spacial score (nSPS) is 19.9. The second-order valence-electron chi connectivity index (χ2n) is 11.3. The van der Waals surface area contributed by atoms with Crippen molar-refractivity contribution in [1.29, 1.82) is 0 Å². The second kappa shape index (κ2) is 10.6. The molecule has 0 bridgehead atoms. The van der Waals surface area contributed by atoms with Gasteiger partial charge in [0.15, 0.2) is 0 Å². The molecule has 3 heterocycles. The summed E-state index contributed by atoms with van der Waals surface area (Å²) in [6, 6.07) is 6.48. The number of rotatable bonds is 7. The highest BCUT2D eigenvalue weighted by Crippen LogP contribution is 2.32. The zero-order valence-corrected chi connectivity index (χ0v) is 22.3. The number of fused-ring (bicyclic) bond motifs is 2. The number of hydrogen-bond donors (Lipinski definition) is 0. The number of oxime groups is 2. The number of nitrogens with zero attached hydrogens (tertiary/aromatic N) is 5. The molecule has 0 amide bonds. The van der Waals surface area contributed by atoms with E-state index in [4.69, 9.17) is 19.6 Å². The summed E-state index contributed by atoms with van der Waals surface area (Å²) in [6.45, 7) is 11.5. The van der Waals surface area contributed by atoms with E-state index in [1.54, 1.807) is 0 Å². The molecule has 0 N–H and O–H groups in total. The highest BCUT2D eigenvalue weighted by Gasteiger charge is 2.26. The third-order valence-electron chi connectivity index (χ3n) is 7.30. The second-order valence-corrected chi connectivity index (χ2v) is 11.3. The highest BCUT2D eigenvalue weighted by atomic mass is 16.6. The van der Waals surface area contributed by atoms with E-state index in [0.29, 0.717) is 13.2 Å². The maximum Gasteiger partial charge on any atom is 0.125 e. The lowest BCUT2D eigenvalue weighted by atomic mass is 9.92. The van der Waals surface area contributed by atoms with E-state index in [9.17, 15) is 0 Å². The molecule has 2 aromatic heterocycles. The Balaban J connectivity index is 1.22. The standard InChI is InChI=1S/C29H39N5O2/c1-20-13-14-22-9-7-11-24(27(22)30-20)32-35-18-29(3,4)19-36-33-25-12-8-10-23-26(34-15-5-6-16-34)17-21(2)31-28(23)25/h13-14,17H,5-12,15-16,18-19H2,1-4H3/b32-24+,33-25+. The summed E-state index contributed by atoms with van der Waals surface area (Å²) in [4.78, 5) is 23.8. The largest absolute Gasteiger partial charge is 0.395 e. The quantitative estimate of drug-likeness (QED) is 0.478. The van der Waals surface area contributed by atoms with Crippen LogP contribution in [-0.4, -0.2) is 47.7 Å². The van der Waals surface area contributed by atoms with Crippen molar-refractivity contribution in [2.24, 2.45) is 15.7 Å². The van der Waals surface area contributed by atoms with Crippen LogP contribution in [0.1, 0.15) is 86.3 Å². The van der Waals surface area contributed by atoms with Gasteiger partial charge in [0, 0.05) is 41.1 Å². The first-order valence-corrected chi connectivity index (χ1v) is 13.5. The van der Waals surface area contributed by atoms with E-state index in [-0.39, 0.29) is 5.41 Å². The molecule has 2 aromatic rings. The molecule has 36 heavy (non-hydrogen) atoms. The topological polar surface area (TPSA) is 72.2 Å². The van der Waals surface area contributed by atoms with E-state index in [2.05, 4.69) is 54.2 Å². The first-order chi connectivity index (χ1) is 17.4. The SMILES string of the molecule is Cc1ccc2c(n1)/C(=N/OCC(C)(C)CO/N=C1\CCCc3c(N4CCCC4)cc(C)nc31)CCC2. The zero-order valence-electron chi connectivity index (χ0n) is 22.3. The monoisotopic (exact) mass is 489 g/mol. The predicted octanol–water partition coefficient (Wildman–Crippen LogP) is 5.53. The number of pyridine rings is 2. The van der Waals surface area contributed by atoms with Gasteiger partial charge in [-0.1, -0.05) is 30.2 Å². The van der Waals surface area contributed by atoms with Gasteiger partial charge >= 0.3 is 0 Å². The average Bonchev–Trinajstić information content (AvgIpc) is 3.39. The van der Waals surface area contributed by atoms with Gasteiger partial charge in [-0.25, -0.2) is 0 Å². The van der Waals surface area contributed by atoms with Crippen LogP contribution in [-0.2, 0) is 22.5 Å². The zero-order chi connectivity index (χ0) is 25.1. The molecular formula is C29H39N5O2. The van der Waals surface area contributed by atoms with Gasteiger partial charge in [-0.05, 0) is 82.9 Å². The number of aromatic nitrogens is 2. The van der Waals surface area contributed by atoms with Crippen LogP contribution in [0.3, 0.4) is 0 Å². The Kier molecular flexibility index (Phi) is 7.26. The Morgan fingerprint density at radius 3 is 2.17 bits per heavy atom. The summed E-state index contributed by atoms with van der Waals surface area (Å²) >= 11 is 0.